The number of dihydropyridines is 1. The molecule has 1 fully saturated rings. The van der Waals surface area contributed by atoms with Crippen LogP contribution in [0.5, 0.6) is 0 Å². The molecule has 2 aromatic carbocycles. The van der Waals surface area contributed by atoms with Crippen LogP contribution in [0.15, 0.2) is 77.3 Å². The molecule has 0 bridgehead atoms. The highest BCUT2D eigenvalue weighted by molar-refractivity contribution is 5.99. The molecule has 10 heteroatoms. The van der Waals surface area contributed by atoms with E-state index in [1.165, 1.54) is 30.9 Å². The number of hydrogen-bond donors (Lipinski definition) is 2. The van der Waals surface area contributed by atoms with E-state index in [2.05, 4.69) is 22.3 Å². The molecule has 37 heavy (non-hydrogen) atoms. The number of benzene rings is 2. The Morgan fingerprint density at radius 2 is 1.89 bits per heavy atom. The third kappa shape index (κ3) is 5.80. The van der Waals surface area contributed by atoms with Crippen molar-refractivity contribution in [3.63, 3.8) is 0 Å². The van der Waals surface area contributed by atoms with Gasteiger partial charge in [0.1, 0.15) is 11.9 Å². The summed E-state index contributed by atoms with van der Waals surface area (Å²) in [7, 11) is 1.21. The first-order valence-electron chi connectivity index (χ1n) is 12.1. The number of piperidine rings is 1. The van der Waals surface area contributed by atoms with Crippen LogP contribution >= 0.6 is 0 Å². The predicted octanol–water partition coefficient (Wildman–Crippen LogP) is 3.11. The van der Waals surface area contributed by atoms with Crippen LogP contribution in [-0.2, 0) is 25.6 Å². The molecule has 0 aliphatic carbocycles. The molecule has 2 unspecified atom stereocenters. The number of hydrogen-bond acceptors (Lipinski definition) is 9. The highest BCUT2D eigenvalue weighted by atomic mass is 16.6. The second-order valence-corrected chi connectivity index (χ2v) is 9.16. The van der Waals surface area contributed by atoms with E-state index in [0.29, 0.717) is 24.2 Å². The van der Waals surface area contributed by atoms with Gasteiger partial charge in [-0.25, -0.2) is 9.59 Å². The van der Waals surface area contributed by atoms with E-state index < -0.39 is 22.8 Å². The smallest absolute Gasteiger partial charge is 0.338 e. The first-order chi connectivity index (χ1) is 17.8. The summed E-state index contributed by atoms with van der Waals surface area (Å²) in [6.45, 7) is 3.88. The van der Waals surface area contributed by atoms with Gasteiger partial charge in [0.2, 0.25) is 0 Å². The van der Waals surface area contributed by atoms with Crippen molar-refractivity contribution < 1.29 is 24.0 Å². The first-order valence-corrected chi connectivity index (χ1v) is 12.1. The monoisotopic (exact) mass is 506 g/mol. The summed E-state index contributed by atoms with van der Waals surface area (Å²) in [5, 5.41) is 14.3. The summed E-state index contributed by atoms with van der Waals surface area (Å²) < 4.78 is 10.9. The van der Waals surface area contributed by atoms with Gasteiger partial charge in [-0.05, 0) is 37.4 Å². The average molecular weight is 507 g/mol. The van der Waals surface area contributed by atoms with Gasteiger partial charge in [-0.2, -0.15) is 0 Å². The normalized spacial score (nSPS) is 20.3. The maximum Gasteiger partial charge on any atom is 0.338 e. The molecule has 2 heterocycles. The van der Waals surface area contributed by atoms with Crippen molar-refractivity contribution in [2.75, 3.05) is 20.2 Å². The molecule has 2 aliphatic heterocycles. The van der Waals surface area contributed by atoms with E-state index in [9.17, 15) is 19.7 Å². The Kier molecular flexibility index (Phi) is 7.88. The number of nitrogens with zero attached hydrogens (tertiary/aromatic N) is 2. The fraction of sp³-hybridized carbons (Fsp3) is 0.333. The van der Waals surface area contributed by atoms with Gasteiger partial charge in [0.05, 0.1) is 29.1 Å². The SMILES string of the molecule is COC(=O)C1=C(N)NC(C)=C(C(=O)OC2CCCN(Cc3ccccc3)C2)C1c1cccc([N+](=O)[O-])c1. The molecule has 2 aliphatic rings. The largest absolute Gasteiger partial charge is 0.466 e. The van der Waals surface area contributed by atoms with Gasteiger partial charge in [-0.3, -0.25) is 15.0 Å². The number of non-ortho nitro benzene ring substituents is 1. The van der Waals surface area contributed by atoms with Crippen LogP contribution in [0.2, 0.25) is 0 Å². The molecule has 0 radical (unpaired) electrons. The van der Waals surface area contributed by atoms with Crippen LogP contribution in [0, 0.1) is 10.1 Å². The summed E-state index contributed by atoms with van der Waals surface area (Å²) in [6.07, 6.45) is 1.23. The summed E-state index contributed by atoms with van der Waals surface area (Å²) in [5.74, 6) is -2.33. The summed E-state index contributed by atoms with van der Waals surface area (Å²) >= 11 is 0. The highest BCUT2D eigenvalue weighted by Crippen LogP contribution is 2.39. The zero-order valence-electron chi connectivity index (χ0n) is 20.8. The zero-order chi connectivity index (χ0) is 26.5. The van der Waals surface area contributed by atoms with E-state index >= 15 is 0 Å². The van der Waals surface area contributed by atoms with E-state index in [-0.39, 0.29) is 28.8 Å². The molecule has 4 rings (SSSR count). The number of nitrogens with two attached hydrogens (primary N) is 1. The van der Waals surface area contributed by atoms with Gasteiger partial charge in [-0.15, -0.1) is 0 Å². The van der Waals surface area contributed by atoms with E-state index in [4.69, 9.17) is 15.2 Å². The molecule has 0 spiro atoms. The lowest BCUT2D eigenvalue weighted by molar-refractivity contribution is -0.384. The van der Waals surface area contributed by atoms with Gasteiger partial charge >= 0.3 is 11.9 Å². The second-order valence-electron chi connectivity index (χ2n) is 9.16. The fourth-order valence-corrected chi connectivity index (χ4v) is 4.92. The number of allylic oxidation sites excluding steroid dienone is 1. The number of methoxy groups -OCH3 is 1. The van der Waals surface area contributed by atoms with Crippen molar-refractivity contribution in [3.05, 3.63) is 98.5 Å². The number of nitro groups is 1. The molecule has 2 atom stereocenters. The fourth-order valence-electron chi connectivity index (χ4n) is 4.92. The molecule has 194 valence electrons. The van der Waals surface area contributed by atoms with Crippen molar-refractivity contribution in [1.29, 1.82) is 0 Å². The number of carbonyl (C=O) groups excluding carboxylic acids is 2. The van der Waals surface area contributed by atoms with Crippen molar-refractivity contribution in [1.82, 2.24) is 10.2 Å². The maximum atomic E-state index is 13.6. The van der Waals surface area contributed by atoms with Crippen LogP contribution in [0.4, 0.5) is 5.69 Å². The third-order valence-electron chi connectivity index (χ3n) is 6.62. The molecular weight excluding hydrogens is 476 g/mol. The molecule has 0 aromatic heterocycles. The molecule has 10 nitrogen and oxygen atoms in total. The average Bonchev–Trinajstić information content (AvgIpc) is 2.88. The van der Waals surface area contributed by atoms with Gasteiger partial charge in [0, 0.05) is 30.9 Å². The van der Waals surface area contributed by atoms with Crippen molar-refractivity contribution in [2.45, 2.75) is 38.3 Å². The maximum absolute atomic E-state index is 13.6. The zero-order valence-corrected chi connectivity index (χ0v) is 20.8. The summed E-state index contributed by atoms with van der Waals surface area (Å²) in [5.41, 5.74) is 8.08. The van der Waals surface area contributed by atoms with Crippen LogP contribution < -0.4 is 11.1 Å². The minimum absolute atomic E-state index is 0.00473. The number of nitrogens with one attached hydrogen (secondary N) is 1. The number of esters is 2. The van der Waals surface area contributed by atoms with Crippen LogP contribution in [0.1, 0.15) is 36.8 Å². The van der Waals surface area contributed by atoms with Gasteiger partial charge in [-0.1, -0.05) is 42.5 Å². The Balaban J connectivity index is 1.61. The van der Waals surface area contributed by atoms with Crippen molar-refractivity contribution in [3.8, 4) is 0 Å². The van der Waals surface area contributed by atoms with Gasteiger partial charge in [0.25, 0.3) is 5.69 Å². The topological polar surface area (TPSA) is 137 Å². The molecule has 2 aromatic rings. The van der Waals surface area contributed by atoms with E-state index in [0.717, 1.165) is 19.5 Å². The number of carbonyl (C=O) groups is 2. The Bertz CT molecular complexity index is 1260. The lowest BCUT2D eigenvalue weighted by Crippen LogP contribution is -2.41. The molecule has 0 saturated carbocycles. The van der Waals surface area contributed by atoms with Gasteiger partial charge in [0.15, 0.2) is 0 Å². The molecule has 3 N–H and O–H groups in total. The Labute approximate surface area is 214 Å². The van der Waals surface area contributed by atoms with Crippen LogP contribution in [0.25, 0.3) is 0 Å². The van der Waals surface area contributed by atoms with Gasteiger partial charge < -0.3 is 20.5 Å². The second kappa shape index (κ2) is 11.3. The van der Waals surface area contributed by atoms with Crippen LogP contribution in [0.3, 0.4) is 0 Å². The minimum atomic E-state index is -0.995. The van der Waals surface area contributed by atoms with Crippen molar-refractivity contribution in [2.24, 2.45) is 5.73 Å². The molecular formula is C27H30N4O6. The standard InChI is InChI=1S/C27H30N4O6/c1-17-22(27(33)37-21-12-7-13-30(16-21)15-18-8-4-3-5-9-18)23(24(25(28)29-17)26(32)36-2)19-10-6-11-20(14-19)31(34)35/h3-6,8-11,14,21,23,29H,7,12-13,15-16,28H2,1-2H3. The molecule has 1 saturated heterocycles. The quantitative estimate of drug-likeness (QED) is 0.330. The number of rotatable bonds is 7. The number of ether oxygens (including phenoxy) is 2. The first kappa shape index (κ1) is 25.9. The number of nitro benzene ring substituents is 1. The summed E-state index contributed by atoms with van der Waals surface area (Å²) in [6, 6.07) is 15.9. The summed E-state index contributed by atoms with van der Waals surface area (Å²) in [4.78, 5) is 39.5. The lowest BCUT2D eigenvalue weighted by atomic mass is 9.81. The highest BCUT2D eigenvalue weighted by Gasteiger charge is 2.40. The Morgan fingerprint density at radius 1 is 1.14 bits per heavy atom. The Morgan fingerprint density at radius 3 is 2.59 bits per heavy atom. The van der Waals surface area contributed by atoms with Crippen molar-refractivity contribution >= 4 is 17.6 Å². The minimum Gasteiger partial charge on any atom is -0.466 e. The predicted molar refractivity (Wildman–Crippen MR) is 136 cm³/mol. The Hall–Kier alpha value is -4.18. The number of likely N-dealkylation sites (tertiary alicyclic amines) is 1. The van der Waals surface area contributed by atoms with E-state index in [1.807, 2.05) is 18.2 Å². The van der Waals surface area contributed by atoms with Crippen LogP contribution in [-0.4, -0.2) is 48.1 Å². The third-order valence-corrected chi connectivity index (χ3v) is 6.62. The lowest BCUT2D eigenvalue weighted by Gasteiger charge is -2.34. The van der Waals surface area contributed by atoms with E-state index in [1.54, 1.807) is 13.0 Å². The molecule has 0 amide bonds.